The highest BCUT2D eigenvalue weighted by atomic mass is 16.2. The molecule has 0 aromatic heterocycles. The molecule has 1 N–H and O–H groups in total. The highest BCUT2D eigenvalue weighted by Crippen LogP contribution is 2.25. The zero-order chi connectivity index (χ0) is 15.8. The molecule has 0 aliphatic heterocycles. The van der Waals surface area contributed by atoms with Gasteiger partial charge >= 0.3 is 0 Å². The lowest BCUT2D eigenvalue weighted by molar-refractivity contribution is 0.0697. The number of carbonyl (C=O) groups excluding carboxylic acids is 1. The van der Waals surface area contributed by atoms with Crippen molar-refractivity contribution in [1.82, 2.24) is 4.90 Å². The van der Waals surface area contributed by atoms with Crippen molar-refractivity contribution in [2.24, 2.45) is 0 Å². The van der Waals surface area contributed by atoms with Gasteiger partial charge in [0.05, 0.1) is 5.56 Å². The summed E-state index contributed by atoms with van der Waals surface area (Å²) in [7, 11) is 1.96. The summed E-state index contributed by atoms with van der Waals surface area (Å²) in [6, 6.07) is 8.34. The zero-order valence-corrected chi connectivity index (χ0v) is 14.1. The van der Waals surface area contributed by atoms with Gasteiger partial charge in [-0.15, -0.1) is 0 Å². The van der Waals surface area contributed by atoms with Gasteiger partial charge in [0, 0.05) is 25.3 Å². The molecule has 1 fully saturated rings. The van der Waals surface area contributed by atoms with Crippen LogP contribution in [0.5, 0.6) is 0 Å². The molecule has 1 saturated carbocycles. The third-order valence-corrected chi connectivity index (χ3v) is 4.70. The Bertz CT molecular complexity index is 466. The average molecular weight is 302 g/mol. The largest absolute Gasteiger partial charge is 0.384 e. The number of para-hydroxylation sites is 1. The van der Waals surface area contributed by atoms with Crippen molar-refractivity contribution in [3.05, 3.63) is 29.8 Å². The fourth-order valence-corrected chi connectivity index (χ4v) is 3.25. The predicted octanol–water partition coefficient (Wildman–Crippen LogP) is 4.69. The van der Waals surface area contributed by atoms with Gasteiger partial charge in [-0.05, 0) is 31.4 Å². The quantitative estimate of drug-likeness (QED) is 0.741. The number of unbranched alkanes of at least 4 members (excludes halogenated alkanes) is 2. The molecule has 0 saturated heterocycles. The Kier molecular flexibility index (Phi) is 6.75. The molecule has 0 spiro atoms. The van der Waals surface area contributed by atoms with Crippen molar-refractivity contribution in [3.8, 4) is 0 Å². The van der Waals surface area contributed by atoms with Crippen LogP contribution in [-0.2, 0) is 0 Å². The normalized spacial score (nSPS) is 15.5. The van der Waals surface area contributed by atoms with Crippen LogP contribution in [0.2, 0.25) is 0 Å². The van der Waals surface area contributed by atoms with E-state index in [0.29, 0.717) is 6.04 Å². The van der Waals surface area contributed by atoms with Crippen LogP contribution in [0.3, 0.4) is 0 Å². The maximum Gasteiger partial charge on any atom is 0.255 e. The van der Waals surface area contributed by atoms with E-state index in [1.807, 2.05) is 36.2 Å². The molecule has 3 nitrogen and oxygen atoms in total. The summed E-state index contributed by atoms with van der Waals surface area (Å²) in [6.45, 7) is 3.14. The lowest BCUT2D eigenvalue weighted by Gasteiger charge is -2.31. The third-order valence-electron chi connectivity index (χ3n) is 4.70. The molecule has 0 heterocycles. The number of nitrogens with one attached hydrogen (secondary N) is 1. The van der Waals surface area contributed by atoms with Gasteiger partial charge in [-0.25, -0.2) is 0 Å². The van der Waals surface area contributed by atoms with Gasteiger partial charge in [-0.2, -0.15) is 0 Å². The first kappa shape index (κ1) is 16.9. The van der Waals surface area contributed by atoms with E-state index in [1.165, 1.54) is 32.1 Å². The van der Waals surface area contributed by atoms with Crippen molar-refractivity contribution in [1.29, 1.82) is 0 Å². The molecular formula is C19H30N2O. The molecule has 1 aliphatic carbocycles. The summed E-state index contributed by atoms with van der Waals surface area (Å²) in [5.74, 6) is 0.158. The Morgan fingerprint density at radius 2 is 1.91 bits per heavy atom. The fraction of sp³-hybridized carbons (Fsp3) is 0.632. The van der Waals surface area contributed by atoms with Gasteiger partial charge in [0.1, 0.15) is 0 Å². The number of hydrogen-bond acceptors (Lipinski definition) is 2. The maximum atomic E-state index is 12.8. The van der Waals surface area contributed by atoms with Gasteiger partial charge in [0.2, 0.25) is 0 Å². The van der Waals surface area contributed by atoms with E-state index in [2.05, 4.69) is 12.2 Å². The van der Waals surface area contributed by atoms with Crippen LogP contribution < -0.4 is 5.32 Å². The topological polar surface area (TPSA) is 32.3 Å². The van der Waals surface area contributed by atoms with Gasteiger partial charge in [-0.1, -0.05) is 51.2 Å². The molecule has 0 atom stereocenters. The summed E-state index contributed by atoms with van der Waals surface area (Å²) in [6.07, 6.45) is 9.70. The van der Waals surface area contributed by atoms with E-state index in [9.17, 15) is 4.79 Å². The summed E-state index contributed by atoms with van der Waals surface area (Å²) in [5.41, 5.74) is 1.79. The van der Waals surface area contributed by atoms with Crippen LogP contribution in [0, 0.1) is 0 Å². The van der Waals surface area contributed by atoms with Crippen LogP contribution >= 0.6 is 0 Å². The van der Waals surface area contributed by atoms with Crippen LogP contribution in [0.25, 0.3) is 0 Å². The first-order valence-electron chi connectivity index (χ1n) is 8.84. The molecule has 0 radical (unpaired) electrons. The van der Waals surface area contributed by atoms with E-state index in [4.69, 9.17) is 0 Å². The van der Waals surface area contributed by atoms with Gasteiger partial charge in [0.25, 0.3) is 5.91 Å². The molecule has 1 amide bonds. The Balaban J connectivity index is 2.01. The molecule has 1 aromatic carbocycles. The van der Waals surface area contributed by atoms with Crippen molar-refractivity contribution in [2.45, 2.75) is 64.3 Å². The molecule has 22 heavy (non-hydrogen) atoms. The minimum atomic E-state index is 0.158. The van der Waals surface area contributed by atoms with Crippen molar-refractivity contribution >= 4 is 11.6 Å². The number of amides is 1. The predicted molar refractivity (Wildman–Crippen MR) is 93.4 cm³/mol. The number of anilines is 1. The average Bonchev–Trinajstić information content (AvgIpc) is 2.58. The molecule has 3 heteroatoms. The molecule has 122 valence electrons. The molecule has 0 bridgehead atoms. The Morgan fingerprint density at radius 3 is 2.64 bits per heavy atom. The Morgan fingerprint density at radius 1 is 1.18 bits per heavy atom. The molecule has 1 aromatic rings. The van der Waals surface area contributed by atoms with Gasteiger partial charge in [-0.3, -0.25) is 4.79 Å². The highest BCUT2D eigenvalue weighted by Gasteiger charge is 2.24. The monoisotopic (exact) mass is 302 g/mol. The third kappa shape index (κ3) is 4.49. The minimum absolute atomic E-state index is 0.158. The number of benzene rings is 1. The molecule has 2 rings (SSSR count). The van der Waals surface area contributed by atoms with Crippen LogP contribution in [-0.4, -0.2) is 30.4 Å². The lowest BCUT2D eigenvalue weighted by atomic mass is 9.94. The van der Waals surface area contributed by atoms with Crippen LogP contribution in [0.1, 0.15) is 68.6 Å². The summed E-state index contributed by atoms with van der Waals surface area (Å²) >= 11 is 0. The number of carbonyl (C=O) groups is 1. The van der Waals surface area contributed by atoms with Gasteiger partial charge in [0.15, 0.2) is 0 Å². The number of rotatable bonds is 7. The first-order chi connectivity index (χ1) is 10.7. The van der Waals surface area contributed by atoms with Crippen LogP contribution in [0.4, 0.5) is 5.69 Å². The molecule has 0 unspecified atom stereocenters. The SMILES string of the molecule is CCCCCNc1ccccc1C(=O)N(C)C1CCCCC1. The first-order valence-corrected chi connectivity index (χ1v) is 8.84. The summed E-state index contributed by atoms with van der Waals surface area (Å²) < 4.78 is 0. The second-order valence-corrected chi connectivity index (χ2v) is 6.39. The van der Waals surface area contributed by atoms with Crippen molar-refractivity contribution in [2.75, 3.05) is 18.9 Å². The smallest absolute Gasteiger partial charge is 0.255 e. The Hall–Kier alpha value is -1.51. The van der Waals surface area contributed by atoms with Crippen molar-refractivity contribution < 1.29 is 4.79 Å². The van der Waals surface area contributed by atoms with E-state index >= 15 is 0 Å². The van der Waals surface area contributed by atoms with E-state index in [-0.39, 0.29) is 5.91 Å². The standard InChI is InChI=1S/C19H30N2O/c1-3-4-10-15-20-18-14-9-8-13-17(18)19(22)21(2)16-11-6-5-7-12-16/h8-9,13-14,16,20H,3-7,10-12,15H2,1-2H3. The number of hydrogen-bond donors (Lipinski definition) is 1. The minimum Gasteiger partial charge on any atom is -0.384 e. The molecular weight excluding hydrogens is 272 g/mol. The van der Waals surface area contributed by atoms with E-state index < -0.39 is 0 Å². The van der Waals surface area contributed by atoms with E-state index in [0.717, 1.165) is 37.1 Å². The fourth-order valence-electron chi connectivity index (χ4n) is 3.25. The van der Waals surface area contributed by atoms with E-state index in [1.54, 1.807) is 0 Å². The highest BCUT2D eigenvalue weighted by molar-refractivity contribution is 5.99. The van der Waals surface area contributed by atoms with Crippen LogP contribution in [0.15, 0.2) is 24.3 Å². The lowest BCUT2D eigenvalue weighted by Crippen LogP contribution is -2.38. The molecule has 1 aliphatic rings. The Labute approximate surface area is 135 Å². The van der Waals surface area contributed by atoms with Crippen molar-refractivity contribution in [3.63, 3.8) is 0 Å². The second-order valence-electron chi connectivity index (χ2n) is 6.39. The summed E-state index contributed by atoms with van der Waals surface area (Å²) in [4.78, 5) is 14.8. The zero-order valence-electron chi connectivity index (χ0n) is 14.1. The maximum absolute atomic E-state index is 12.8. The second kappa shape index (κ2) is 8.82. The van der Waals surface area contributed by atoms with Gasteiger partial charge < -0.3 is 10.2 Å². The number of nitrogens with zero attached hydrogens (tertiary/aromatic N) is 1. The summed E-state index contributed by atoms with van der Waals surface area (Å²) in [5, 5.41) is 3.44.